The number of benzene rings is 1. The molecule has 1 aliphatic carbocycles. The van der Waals surface area contributed by atoms with Crippen molar-refractivity contribution in [2.45, 2.75) is 51.8 Å². The van der Waals surface area contributed by atoms with Crippen LogP contribution in [0.5, 0.6) is 0 Å². The fraction of sp³-hybridized carbons (Fsp3) is 0.650. The Bertz CT molecular complexity index is 641. The van der Waals surface area contributed by atoms with Gasteiger partial charge in [0.15, 0.2) is 0 Å². The van der Waals surface area contributed by atoms with Crippen LogP contribution in [0.25, 0.3) is 0 Å². The molecule has 1 amide bonds. The first kappa shape index (κ1) is 24.2. The highest BCUT2D eigenvalue weighted by atomic mass is 35.5. The second-order valence-corrected chi connectivity index (χ2v) is 7.89. The number of rotatable bonds is 6. The monoisotopic (exact) mass is 417 g/mol. The average molecular weight is 418 g/mol. The number of carbonyl (C=O) groups excluding carboxylic acids is 1. The van der Waals surface area contributed by atoms with E-state index in [0.717, 1.165) is 26.1 Å². The van der Waals surface area contributed by atoms with Gasteiger partial charge in [-0.05, 0) is 24.5 Å². The molecule has 5 nitrogen and oxygen atoms in total. The molecule has 7 heteroatoms. The summed E-state index contributed by atoms with van der Waals surface area (Å²) in [6, 6.07) is 8.60. The van der Waals surface area contributed by atoms with Gasteiger partial charge in [0.1, 0.15) is 5.54 Å². The Kier molecular flexibility index (Phi) is 8.57. The number of fused-ring (bicyclic) bond motifs is 1. The Hall–Kier alpha value is -0.850. The molecule has 0 radical (unpaired) electrons. The predicted molar refractivity (Wildman–Crippen MR) is 114 cm³/mol. The van der Waals surface area contributed by atoms with Crippen molar-refractivity contribution in [3.05, 3.63) is 35.4 Å². The van der Waals surface area contributed by atoms with E-state index in [1.807, 2.05) is 20.8 Å². The van der Waals surface area contributed by atoms with Crippen LogP contribution in [0.1, 0.15) is 38.3 Å². The molecule has 1 aromatic carbocycles. The van der Waals surface area contributed by atoms with E-state index < -0.39 is 5.54 Å². The zero-order chi connectivity index (χ0) is 18.1. The van der Waals surface area contributed by atoms with Crippen LogP contribution in [0, 0.1) is 5.41 Å². The first-order chi connectivity index (χ1) is 11.9. The average Bonchev–Trinajstić information content (AvgIpc) is 2.61. The largest absolute Gasteiger partial charge is 0.378 e. The van der Waals surface area contributed by atoms with Gasteiger partial charge >= 0.3 is 0 Å². The van der Waals surface area contributed by atoms with E-state index >= 15 is 0 Å². The summed E-state index contributed by atoms with van der Waals surface area (Å²) in [5.41, 5.74) is 8.10. The lowest BCUT2D eigenvalue weighted by Gasteiger charge is -2.57. The third-order valence-electron chi connectivity index (χ3n) is 6.16. The summed E-state index contributed by atoms with van der Waals surface area (Å²) in [6.07, 6.45) is 1.73. The van der Waals surface area contributed by atoms with Crippen LogP contribution in [0.4, 0.5) is 0 Å². The number of nitrogens with two attached hydrogens (primary N) is 1. The van der Waals surface area contributed by atoms with Crippen LogP contribution in [0.3, 0.4) is 0 Å². The highest BCUT2D eigenvalue weighted by Crippen LogP contribution is 2.49. The Morgan fingerprint density at radius 3 is 2.59 bits per heavy atom. The minimum absolute atomic E-state index is 0. The maximum absolute atomic E-state index is 12.6. The maximum Gasteiger partial charge on any atom is 0.240 e. The third-order valence-corrected chi connectivity index (χ3v) is 6.16. The molecule has 2 unspecified atom stereocenters. The Balaban J connectivity index is 0.00000182. The zero-order valence-corrected chi connectivity index (χ0v) is 18.1. The van der Waals surface area contributed by atoms with Crippen LogP contribution >= 0.6 is 24.8 Å². The van der Waals surface area contributed by atoms with Crippen LogP contribution in [0.2, 0.25) is 0 Å². The van der Waals surface area contributed by atoms with Crippen molar-refractivity contribution in [2.24, 2.45) is 11.1 Å². The number of amides is 1. The van der Waals surface area contributed by atoms with E-state index in [-0.39, 0.29) is 42.2 Å². The molecular weight excluding hydrogens is 385 g/mol. The predicted octanol–water partition coefficient (Wildman–Crippen LogP) is 2.54. The van der Waals surface area contributed by atoms with Gasteiger partial charge in [-0.15, -0.1) is 24.8 Å². The van der Waals surface area contributed by atoms with Gasteiger partial charge in [0.05, 0.1) is 6.10 Å². The summed E-state index contributed by atoms with van der Waals surface area (Å²) < 4.78 is 5.70. The topological polar surface area (TPSA) is 67.6 Å². The van der Waals surface area contributed by atoms with Crippen molar-refractivity contribution >= 4 is 30.7 Å². The fourth-order valence-corrected chi connectivity index (χ4v) is 4.05. The zero-order valence-electron chi connectivity index (χ0n) is 16.5. The summed E-state index contributed by atoms with van der Waals surface area (Å²) >= 11 is 0. The standard InChI is InChI=1S/C20H31N3O2.2ClH/c1-4-25-17-13-20(21,19(17,2)3)18(24)22-10-12-23-11-9-15-7-5-6-8-16(15)14-23;;/h5-8,17H,4,9-14,21H2,1-3H3,(H,22,24);2*1H. The van der Waals surface area contributed by atoms with Crippen LogP contribution in [-0.4, -0.2) is 48.7 Å². The van der Waals surface area contributed by atoms with Crippen molar-refractivity contribution in [3.63, 3.8) is 0 Å². The van der Waals surface area contributed by atoms with Crippen molar-refractivity contribution in [3.8, 4) is 0 Å². The van der Waals surface area contributed by atoms with E-state index in [9.17, 15) is 4.79 Å². The Morgan fingerprint density at radius 1 is 1.30 bits per heavy atom. The maximum atomic E-state index is 12.6. The van der Waals surface area contributed by atoms with Gasteiger partial charge < -0.3 is 15.8 Å². The van der Waals surface area contributed by atoms with Crippen molar-refractivity contribution in [2.75, 3.05) is 26.2 Å². The van der Waals surface area contributed by atoms with Crippen LogP contribution in [-0.2, 0) is 22.5 Å². The molecule has 3 rings (SSSR count). The lowest BCUT2D eigenvalue weighted by atomic mass is 9.54. The minimum Gasteiger partial charge on any atom is -0.378 e. The van der Waals surface area contributed by atoms with E-state index in [0.29, 0.717) is 19.6 Å². The molecule has 27 heavy (non-hydrogen) atoms. The normalized spacial score (nSPS) is 26.0. The third kappa shape index (κ3) is 4.60. The number of hydrogen-bond acceptors (Lipinski definition) is 4. The van der Waals surface area contributed by atoms with E-state index in [2.05, 4.69) is 34.5 Å². The quantitative estimate of drug-likeness (QED) is 0.745. The molecule has 1 aromatic rings. The number of nitrogens with one attached hydrogen (secondary N) is 1. The summed E-state index contributed by atoms with van der Waals surface area (Å²) in [5.74, 6) is -0.0501. The molecule has 0 bridgehead atoms. The number of hydrogen-bond donors (Lipinski definition) is 2. The summed E-state index contributed by atoms with van der Waals surface area (Å²) in [6.45, 7) is 10.2. The lowest BCUT2D eigenvalue weighted by molar-refractivity contribution is -0.170. The van der Waals surface area contributed by atoms with Crippen molar-refractivity contribution in [1.82, 2.24) is 10.2 Å². The van der Waals surface area contributed by atoms with Crippen LogP contribution in [0.15, 0.2) is 24.3 Å². The molecule has 2 aliphatic rings. The Labute approximate surface area is 175 Å². The first-order valence-corrected chi connectivity index (χ1v) is 9.36. The second-order valence-electron chi connectivity index (χ2n) is 7.89. The molecule has 0 aromatic heterocycles. The smallest absolute Gasteiger partial charge is 0.240 e. The molecule has 2 atom stereocenters. The summed E-state index contributed by atoms with van der Waals surface area (Å²) in [7, 11) is 0. The molecule has 1 fully saturated rings. The molecular formula is C20H33Cl2N3O2. The number of nitrogens with zero attached hydrogens (tertiary/aromatic N) is 1. The van der Waals surface area contributed by atoms with Crippen LogP contribution < -0.4 is 11.1 Å². The minimum atomic E-state index is -0.832. The number of carbonyl (C=O) groups is 1. The Morgan fingerprint density at radius 2 is 1.96 bits per heavy atom. The number of halogens is 2. The van der Waals surface area contributed by atoms with E-state index in [1.54, 1.807) is 0 Å². The van der Waals surface area contributed by atoms with Gasteiger partial charge in [-0.1, -0.05) is 38.1 Å². The van der Waals surface area contributed by atoms with E-state index in [1.165, 1.54) is 11.1 Å². The highest BCUT2D eigenvalue weighted by Gasteiger charge is 2.62. The van der Waals surface area contributed by atoms with Gasteiger partial charge in [-0.25, -0.2) is 0 Å². The van der Waals surface area contributed by atoms with Crippen molar-refractivity contribution in [1.29, 1.82) is 0 Å². The molecule has 1 saturated carbocycles. The first-order valence-electron chi connectivity index (χ1n) is 9.36. The second kappa shape index (κ2) is 9.57. The molecule has 154 valence electrons. The SMILES string of the molecule is CCOC1CC(N)(C(=O)NCCN2CCc3ccccc3C2)C1(C)C.Cl.Cl. The van der Waals surface area contributed by atoms with Gasteiger partial charge in [-0.2, -0.15) is 0 Å². The van der Waals surface area contributed by atoms with Gasteiger partial charge in [-0.3, -0.25) is 9.69 Å². The molecule has 1 heterocycles. The molecule has 0 spiro atoms. The molecule has 0 saturated heterocycles. The van der Waals surface area contributed by atoms with E-state index in [4.69, 9.17) is 10.5 Å². The lowest BCUT2D eigenvalue weighted by Crippen LogP contribution is -2.75. The molecule has 1 aliphatic heterocycles. The van der Waals surface area contributed by atoms with Crippen molar-refractivity contribution < 1.29 is 9.53 Å². The summed E-state index contributed by atoms with van der Waals surface area (Å²) in [4.78, 5) is 15.0. The summed E-state index contributed by atoms with van der Waals surface area (Å²) in [5, 5.41) is 3.05. The number of ether oxygens (including phenoxy) is 1. The van der Waals surface area contributed by atoms with Gasteiger partial charge in [0.25, 0.3) is 0 Å². The highest BCUT2D eigenvalue weighted by molar-refractivity contribution is 5.88. The van der Waals surface area contributed by atoms with Gasteiger partial charge in [0, 0.05) is 44.6 Å². The van der Waals surface area contributed by atoms with Gasteiger partial charge in [0.2, 0.25) is 5.91 Å². The fourth-order valence-electron chi connectivity index (χ4n) is 4.05. The molecule has 3 N–H and O–H groups in total.